The second kappa shape index (κ2) is 7.84. The lowest BCUT2D eigenvalue weighted by Crippen LogP contribution is -2.36. The summed E-state index contributed by atoms with van der Waals surface area (Å²) in [6, 6.07) is 10.0. The average molecular weight is 420 g/mol. The number of nitro benzene ring substituents is 1. The highest BCUT2D eigenvalue weighted by atomic mass is 79.9. The summed E-state index contributed by atoms with van der Waals surface area (Å²) >= 11 is 3.55. The van der Waals surface area contributed by atoms with E-state index in [1.54, 1.807) is 19.1 Å². The first kappa shape index (κ1) is 18.3. The van der Waals surface area contributed by atoms with Crippen LogP contribution in [0.4, 0.5) is 17.1 Å². The van der Waals surface area contributed by atoms with Gasteiger partial charge in [0.2, 0.25) is 0 Å². The molecule has 1 aliphatic rings. The average Bonchev–Trinajstić information content (AvgIpc) is 2.62. The lowest BCUT2D eigenvalue weighted by molar-refractivity contribution is -0.385. The van der Waals surface area contributed by atoms with Crippen LogP contribution in [-0.2, 0) is 4.74 Å². The van der Waals surface area contributed by atoms with Crippen LogP contribution in [0.3, 0.4) is 0 Å². The molecule has 0 aromatic heterocycles. The summed E-state index contributed by atoms with van der Waals surface area (Å²) < 4.78 is 6.23. The van der Waals surface area contributed by atoms with Gasteiger partial charge in [0.1, 0.15) is 0 Å². The zero-order valence-electron chi connectivity index (χ0n) is 14.2. The third kappa shape index (κ3) is 4.03. The number of nitrogens with one attached hydrogen (secondary N) is 1. The SMILES string of the molecule is Cc1ccc(C(=O)Nc2ccc(N3CCOCC3)c(Br)c2)cc1[N+](=O)[O-]. The first-order valence-electron chi connectivity index (χ1n) is 8.14. The number of amides is 1. The van der Waals surface area contributed by atoms with Crippen LogP contribution in [-0.4, -0.2) is 37.1 Å². The molecule has 1 N–H and O–H groups in total. The molecule has 0 unspecified atom stereocenters. The maximum absolute atomic E-state index is 12.4. The molecule has 136 valence electrons. The first-order chi connectivity index (χ1) is 12.5. The van der Waals surface area contributed by atoms with Gasteiger partial charge < -0.3 is 15.0 Å². The number of carbonyl (C=O) groups excluding carboxylic acids is 1. The smallest absolute Gasteiger partial charge is 0.273 e. The van der Waals surface area contributed by atoms with Gasteiger partial charge in [-0.05, 0) is 47.1 Å². The predicted octanol–water partition coefficient (Wildman–Crippen LogP) is 3.75. The van der Waals surface area contributed by atoms with E-state index in [1.807, 2.05) is 18.2 Å². The van der Waals surface area contributed by atoms with E-state index < -0.39 is 4.92 Å². The number of aryl methyl sites for hydroxylation is 1. The number of nitro groups is 1. The zero-order valence-corrected chi connectivity index (χ0v) is 15.8. The number of benzene rings is 2. The van der Waals surface area contributed by atoms with Gasteiger partial charge in [0.25, 0.3) is 11.6 Å². The molecule has 1 aliphatic heterocycles. The summed E-state index contributed by atoms with van der Waals surface area (Å²) in [5.74, 6) is -0.390. The third-order valence-corrected chi connectivity index (χ3v) is 4.86. The van der Waals surface area contributed by atoms with Gasteiger partial charge in [-0.3, -0.25) is 14.9 Å². The molecule has 1 saturated heterocycles. The minimum absolute atomic E-state index is 0.0681. The summed E-state index contributed by atoms with van der Waals surface area (Å²) in [6.45, 7) is 4.66. The van der Waals surface area contributed by atoms with Crippen LogP contribution >= 0.6 is 15.9 Å². The number of ether oxygens (including phenoxy) is 1. The van der Waals surface area contributed by atoms with Crippen molar-refractivity contribution in [3.8, 4) is 0 Å². The summed E-state index contributed by atoms with van der Waals surface area (Å²) in [5, 5.41) is 13.8. The molecular formula is C18H18BrN3O4. The summed E-state index contributed by atoms with van der Waals surface area (Å²) in [5.41, 5.74) is 2.35. The highest BCUT2D eigenvalue weighted by Crippen LogP contribution is 2.30. The monoisotopic (exact) mass is 419 g/mol. The highest BCUT2D eigenvalue weighted by Gasteiger charge is 2.17. The Hall–Kier alpha value is -2.45. The van der Waals surface area contributed by atoms with Crippen LogP contribution < -0.4 is 10.2 Å². The Kier molecular flexibility index (Phi) is 5.53. The molecule has 0 atom stereocenters. The Morgan fingerprint density at radius 2 is 1.96 bits per heavy atom. The van der Waals surface area contributed by atoms with Gasteiger partial charge in [0, 0.05) is 40.4 Å². The van der Waals surface area contributed by atoms with Gasteiger partial charge in [-0.25, -0.2) is 0 Å². The van der Waals surface area contributed by atoms with Crippen molar-refractivity contribution >= 4 is 38.9 Å². The molecule has 0 aliphatic carbocycles. The van der Waals surface area contributed by atoms with Crippen LogP contribution in [0.2, 0.25) is 0 Å². The zero-order chi connectivity index (χ0) is 18.7. The highest BCUT2D eigenvalue weighted by molar-refractivity contribution is 9.10. The Bertz CT molecular complexity index is 850. The van der Waals surface area contributed by atoms with Crippen LogP contribution in [0.15, 0.2) is 40.9 Å². The molecule has 0 saturated carbocycles. The molecule has 2 aromatic rings. The van der Waals surface area contributed by atoms with E-state index in [-0.39, 0.29) is 17.2 Å². The number of rotatable bonds is 4. The number of halogens is 1. The van der Waals surface area contributed by atoms with E-state index in [0.29, 0.717) is 24.5 Å². The molecule has 26 heavy (non-hydrogen) atoms. The fourth-order valence-electron chi connectivity index (χ4n) is 2.80. The first-order valence-corrected chi connectivity index (χ1v) is 8.93. The molecule has 8 heteroatoms. The van der Waals surface area contributed by atoms with Gasteiger partial charge in [-0.2, -0.15) is 0 Å². The molecule has 0 radical (unpaired) electrons. The number of morpholine rings is 1. The van der Waals surface area contributed by atoms with Crippen molar-refractivity contribution in [3.63, 3.8) is 0 Å². The fourth-order valence-corrected chi connectivity index (χ4v) is 3.43. The summed E-state index contributed by atoms with van der Waals surface area (Å²) in [6.07, 6.45) is 0. The standard InChI is InChI=1S/C18H18BrN3O4/c1-12-2-3-13(10-17(12)22(24)25)18(23)20-14-4-5-16(15(19)11-14)21-6-8-26-9-7-21/h2-5,10-11H,6-9H2,1H3,(H,20,23). The van der Waals surface area contributed by atoms with Gasteiger partial charge in [-0.1, -0.05) is 6.07 Å². The van der Waals surface area contributed by atoms with E-state index in [4.69, 9.17) is 4.74 Å². The van der Waals surface area contributed by atoms with Crippen molar-refractivity contribution in [1.82, 2.24) is 0 Å². The maximum atomic E-state index is 12.4. The molecule has 1 fully saturated rings. The number of carbonyl (C=O) groups is 1. The van der Waals surface area contributed by atoms with Crippen LogP contribution in [0, 0.1) is 17.0 Å². The Labute approximate surface area is 159 Å². The van der Waals surface area contributed by atoms with Gasteiger partial charge in [0.05, 0.1) is 23.8 Å². The molecule has 3 rings (SSSR count). The van der Waals surface area contributed by atoms with E-state index in [0.717, 1.165) is 23.2 Å². The largest absolute Gasteiger partial charge is 0.378 e. The van der Waals surface area contributed by atoms with Crippen LogP contribution in [0.25, 0.3) is 0 Å². The number of anilines is 2. The van der Waals surface area contributed by atoms with E-state index in [1.165, 1.54) is 6.07 Å². The van der Waals surface area contributed by atoms with Crippen molar-refractivity contribution in [2.75, 3.05) is 36.5 Å². The summed E-state index contributed by atoms with van der Waals surface area (Å²) in [4.78, 5) is 25.2. The number of hydrogen-bond acceptors (Lipinski definition) is 5. The molecule has 0 spiro atoms. The molecule has 0 bridgehead atoms. The Morgan fingerprint density at radius 1 is 1.23 bits per heavy atom. The lowest BCUT2D eigenvalue weighted by atomic mass is 10.1. The van der Waals surface area contributed by atoms with Crippen molar-refractivity contribution in [1.29, 1.82) is 0 Å². The lowest BCUT2D eigenvalue weighted by Gasteiger charge is -2.29. The van der Waals surface area contributed by atoms with E-state index in [9.17, 15) is 14.9 Å². The minimum atomic E-state index is -0.486. The van der Waals surface area contributed by atoms with Crippen LogP contribution in [0.1, 0.15) is 15.9 Å². The van der Waals surface area contributed by atoms with E-state index in [2.05, 4.69) is 26.1 Å². The van der Waals surface area contributed by atoms with E-state index >= 15 is 0 Å². The van der Waals surface area contributed by atoms with Gasteiger partial charge in [0.15, 0.2) is 0 Å². The van der Waals surface area contributed by atoms with Crippen molar-refractivity contribution < 1.29 is 14.5 Å². The van der Waals surface area contributed by atoms with Crippen molar-refractivity contribution in [2.24, 2.45) is 0 Å². The third-order valence-electron chi connectivity index (χ3n) is 4.23. The maximum Gasteiger partial charge on any atom is 0.273 e. The second-order valence-corrected chi connectivity index (χ2v) is 6.83. The minimum Gasteiger partial charge on any atom is -0.378 e. The van der Waals surface area contributed by atoms with Gasteiger partial charge >= 0.3 is 0 Å². The van der Waals surface area contributed by atoms with Gasteiger partial charge in [-0.15, -0.1) is 0 Å². The quantitative estimate of drug-likeness (QED) is 0.602. The summed E-state index contributed by atoms with van der Waals surface area (Å²) in [7, 11) is 0. The van der Waals surface area contributed by atoms with Crippen molar-refractivity contribution in [3.05, 3.63) is 62.1 Å². The molecule has 1 heterocycles. The fraction of sp³-hybridized carbons (Fsp3) is 0.278. The van der Waals surface area contributed by atoms with Crippen LogP contribution in [0.5, 0.6) is 0 Å². The normalized spacial score (nSPS) is 14.2. The molecular weight excluding hydrogens is 402 g/mol. The second-order valence-electron chi connectivity index (χ2n) is 5.98. The Morgan fingerprint density at radius 3 is 2.62 bits per heavy atom. The Balaban J connectivity index is 1.76. The number of hydrogen-bond donors (Lipinski definition) is 1. The number of nitrogens with zero attached hydrogens (tertiary/aromatic N) is 2. The predicted molar refractivity (Wildman–Crippen MR) is 103 cm³/mol. The molecule has 2 aromatic carbocycles. The van der Waals surface area contributed by atoms with Crippen molar-refractivity contribution in [2.45, 2.75) is 6.92 Å². The topological polar surface area (TPSA) is 84.7 Å². The molecule has 1 amide bonds. The molecule has 7 nitrogen and oxygen atoms in total.